The maximum absolute atomic E-state index is 14.6. The van der Waals surface area contributed by atoms with Crippen molar-refractivity contribution in [1.29, 1.82) is 0 Å². The van der Waals surface area contributed by atoms with Gasteiger partial charge in [-0.1, -0.05) is 88.7 Å². The van der Waals surface area contributed by atoms with Gasteiger partial charge in [-0.2, -0.15) is 0 Å². The largest absolute Gasteiger partial charge is 0.394 e. The van der Waals surface area contributed by atoms with Crippen molar-refractivity contribution in [3.8, 4) is 0 Å². The van der Waals surface area contributed by atoms with Gasteiger partial charge in [-0.3, -0.25) is 14.4 Å². The lowest BCUT2D eigenvalue weighted by Crippen LogP contribution is -2.53. The lowest BCUT2D eigenvalue weighted by molar-refractivity contribution is -0.142. The Morgan fingerprint density at radius 1 is 1.05 bits per heavy atom. The fourth-order valence-electron chi connectivity index (χ4n) is 7.01. The number of aliphatic hydroxyl groups excluding tert-OH is 1. The molecule has 3 aromatic carbocycles. The van der Waals surface area contributed by atoms with Crippen LogP contribution in [0.4, 0.5) is 5.69 Å². The van der Waals surface area contributed by atoms with E-state index in [1.165, 1.54) is 0 Å². The molecule has 7 atom stereocenters. The lowest BCUT2D eigenvalue weighted by atomic mass is 9.70. The summed E-state index contributed by atoms with van der Waals surface area (Å²) in [6, 6.07) is 23.3. The number of likely N-dealkylation sites (tertiary alicyclic amines) is 1. The highest BCUT2D eigenvalue weighted by atomic mass is 79.9. The number of benzene rings is 3. The van der Waals surface area contributed by atoms with Gasteiger partial charge in [-0.05, 0) is 48.6 Å². The van der Waals surface area contributed by atoms with E-state index in [2.05, 4.69) is 26.6 Å². The van der Waals surface area contributed by atoms with E-state index in [9.17, 15) is 19.5 Å². The van der Waals surface area contributed by atoms with E-state index < -0.39 is 28.7 Å². The van der Waals surface area contributed by atoms with Crippen molar-refractivity contribution in [2.75, 3.05) is 11.9 Å². The minimum atomic E-state index is -0.880. The maximum atomic E-state index is 14.6. The molecule has 3 saturated heterocycles. The average Bonchev–Trinajstić information content (AvgIpc) is 3.59. The van der Waals surface area contributed by atoms with E-state index in [0.717, 1.165) is 22.3 Å². The van der Waals surface area contributed by atoms with Crippen LogP contribution in [0.5, 0.6) is 0 Å². The van der Waals surface area contributed by atoms with Crippen molar-refractivity contribution in [3.63, 3.8) is 0 Å². The molecule has 3 fully saturated rings. The zero-order valence-electron chi connectivity index (χ0n) is 23.5. The van der Waals surface area contributed by atoms with Gasteiger partial charge in [-0.25, -0.2) is 0 Å². The van der Waals surface area contributed by atoms with Gasteiger partial charge in [0.2, 0.25) is 17.7 Å². The summed E-state index contributed by atoms with van der Waals surface area (Å²) in [6.45, 7) is 3.92. The van der Waals surface area contributed by atoms with Crippen LogP contribution in [0.15, 0.2) is 78.9 Å². The molecule has 3 aliphatic heterocycles. The van der Waals surface area contributed by atoms with Gasteiger partial charge >= 0.3 is 0 Å². The summed E-state index contributed by atoms with van der Waals surface area (Å²) in [5, 5.41) is 16.7. The standard InChI is InChI=1S/C33H34BrN3O4S/c1-19-13-14-20(2)24(15-19)36-31(40)29-33-16-23(34)28(42-33)26(30(39)35-17-21-9-5-3-6-10-21)27(33)32(41)37(29)25(18-38)22-11-7-4-8-12-22/h3-15,23,25-29,38H,16-18H2,1-2H3,(H,35,39)(H,36,40)/t23?,25-,26+,27+,28+,29?,33?/m1/s1. The van der Waals surface area contributed by atoms with Crippen molar-refractivity contribution in [3.05, 3.63) is 101 Å². The average molecular weight is 649 g/mol. The Bertz CT molecular complexity index is 1510. The van der Waals surface area contributed by atoms with E-state index >= 15 is 0 Å². The summed E-state index contributed by atoms with van der Waals surface area (Å²) >= 11 is 5.41. The number of nitrogens with one attached hydrogen (secondary N) is 2. The van der Waals surface area contributed by atoms with Crippen LogP contribution >= 0.6 is 27.7 Å². The smallest absolute Gasteiger partial charge is 0.248 e. The minimum Gasteiger partial charge on any atom is -0.394 e. The van der Waals surface area contributed by atoms with Crippen LogP contribution in [-0.4, -0.2) is 55.2 Å². The lowest BCUT2D eigenvalue weighted by Gasteiger charge is -2.37. The second kappa shape index (κ2) is 11.5. The Balaban J connectivity index is 1.39. The first-order valence-corrected chi connectivity index (χ1v) is 16.0. The number of carbonyl (C=O) groups excluding carboxylic acids is 3. The molecule has 9 heteroatoms. The van der Waals surface area contributed by atoms with Crippen LogP contribution in [0.1, 0.15) is 34.7 Å². The number of fused-ring (bicyclic) bond motifs is 1. The van der Waals surface area contributed by atoms with Gasteiger partial charge in [0, 0.05) is 22.3 Å². The van der Waals surface area contributed by atoms with Gasteiger partial charge in [0.25, 0.3) is 0 Å². The molecule has 0 saturated carbocycles. The summed E-state index contributed by atoms with van der Waals surface area (Å²) in [5.74, 6) is -2.04. The van der Waals surface area contributed by atoms with E-state index in [-0.39, 0.29) is 34.4 Å². The monoisotopic (exact) mass is 647 g/mol. The molecule has 7 nitrogen and oxygen atoms in total. The number of carbonyl (C=O) groups is 3. The van der Waals surface area contributed by atoms with Gasteiger partial charge < -0.3 is 20.6 Å². The Hall–Kier alpha value is -3.14. The highest BCUT2D eigenvalue weighted by Crippen LogP contribution is 2.68. The zero-order chi connectivity index (χ0) is 29.6. The Labute approximate surface area is 258 Å². The minimum absolute atomic E-state index is 0.0423. The van der Waals surface area contributed by atoms with Crippen LogP contribution in [-0.2, 0) is 20.9 Å². The van der Waals surface area contributed by atoms with E-state index in [1.807, 2.05) is 92.7 Å². The molecular weight excluding hydrogens is 614 g/mol. The number of hydrogen-bond donors (Lipinski definition) is 3. The maximum Gasteiger partial charge on any atom is 0.248 e. The predicted molar refractivity (Wildman–Crippen MR) is 168 cm³/mol. The number of rotatable bonds is 8. The van der Waals surface area contributed by atoms with Crippen LogP contribution in [0.3, 0.4) is 0 Å². The van der Waals surface area contributed by atoms with Crippen LogP contribution < -0.4 is 10.6 Å². The van der Waals surface area contributed by atoms with Crippen LogP contribution in [0.25, 0.3) is 0 Å². The number of hydrogen-bond acceptors (Lipinski definition) is 5. The van der Waals surface area contributed by atoms with Gasteiger partial charge in [0.1, 0.15) is 6.04 Å². The summed E-state index contributed by atoms with van der Waals surface area (Å²) in [5.41, 5.74) is 4.34. The molecule has 0 aromatic heterocycles. The molecule has 2 bridgehead atoms. The Kier molecular flexibility index (Phi) is 7.93. The highest BCUT2D eigenvalue weighted by Gasteiger charge is 2.76. The third-order valence-corrected chi connectivity index (χ3v) is 12.2. The van der Waals surface area contributed by atoms with E-state index in [1.54, 1.807) is 16.7 Å². The fraction of sp³-hybridized carbons (Fsp3) is 0.364. The van der Waals surface area contributed by atoms with Crippen molar-refractivity contribution in [1.82, 2.24) is 10.2 Å². The molecule has 3 aromatic rings. The first kappa shape index (κ1) is 29.0. The predicted octanol–water partition coefficient (Wildman–Crippen LogP) is 4.76. The third kappa shape index (κ3) is 4.85. The molecule has 0 aliphatic carbocycles. The van der Waals surface area contributed by atoms with Crippen molar-refractivity contribution in [2.24, 2.45) is 11.8 Å². The van der Waals surface area contributed by atoms with E-state index in [0.29, 0.717) is 18.7 Å². The number of anilines is 1. The normalized spacial score (nSPS) is 28.4. The molecule has 6 rings (SSSR count). The molecule has 218 valence electrons. The topological polar surface area (TPSA) is 98.7 Å². The molecule has 3 unspecified atom stereocenters. The van der Waals surface area contributed by atoms with Crippen LogP contribution in [0.2, 0.25) is 0 Å². The summed E-state index contributed by atoms with van der Waals surface area (Å²) in [6.07, 6.45) is 0.565. The number of aryl methyl sites for hydroxylation is 2. The third-order valence-electron chi connectivity index (χ3n) is 8.93. The molecule has 1 spiro atoms. The zero-order valence-corrected chi connectivity index (χ0v) is 25.9. The SMILES string of the molecule is Cc1ccc(C)c(NC(=O)C2N([C@H](CO)c3ccccc3)C(=O)[C@@H]3[C@H](C(=O)NCc4ccccc4)[C@H]4SC23CC4Br)c1. The summed E-state index contributed by atoms with van der Waals surface area (Å²) in [4.78, 5) is 44.3. The molecule has 0 radical (unpaired) electrons. The molecule has 3 N–H and O–H groups in total. The second-order valence-corrected chi connectivity index (χ2v) is 14.2. The molecular formula is C33H34BrN3O4S. The number of halogens is 1. The van der Waals surface area contributed by atoms with Gasteiger partial charge in [-0.15, -0.1) is 11.8 Å². The van der Waals surface area contributed by atoms with Crippen molar-refractivity contribution in [2.45, 2.75) is 53.7 Å². The van der Waals surface area contributed by atoms with Crippen LogP contribution in [0, 0.1) is 25.7 Å². The molecule has 3 aliphatic rings. The van der Waals surface area contributed by atoms with Gasteiger partial charge in [0.05, 0.1) is 29.2 Å². The first-order valence-electron chi connectivity index (χ1n) is 14.2. The van der Waals surface area contributed by atoms with E-state index in [4.69, 9.17) is 0 Å². The first-order chi connectivity index (χ1) is 20.2. The molecule has 3 heterocycles. The number of nitrogens with zero attached hydrogens (tertiary/aromatic N) is 1. The molecule has 3 amide bonds. The number of alkyl halides is 1. The number of aliphatic hydroxyl groups is 1. The molecule has 42 heavy (non-hydrogen) atoms. The quantitative estimate of drug-likeness (QED) is 0.306. The fourth-order valence-corrected chi connectivity index (χ4v) is 10.6. The second-order valence-electron chi connectivity index (χ2n) is 11.5. The number of thioether (sulfide) groups is 1. The number of amides is 3. The Morgan fingerprint density at radius 3 is 2.43 bits per heavy atom. The Morgan fingerprint density at radius 2 is 1.74 bits per heavy atom. The van der Waals surface area contributed by atoms with Crippen molar-refractivity contribution < 1.29 is 19.5 Å². The van der Waals surface area contributed by atoms with Gasteiger partial charge in [0.15, 0.2) is 0 Å². The summed E-state index contributed by atoms with van der Waals surface area (Å²) < 4.78 is -0.825. The van der Waals surface area contributed by atoms with Crippen molar-refractivity contribution >= 4 is 51.1 Å². The summed E-state index contributed by atoms with van der Waals surface area (Å²) in [7, 11) is 0. The highest BCUT2D eigenvalue weighted by molar-refractivity contribution is 9.09.